The van der Waals surface area contributed by atoms with Crippen molar-refractivity contribution in [3.63, 3.8) is 0 Å². The zero-order chi connectivity index (χ0) is 35.5. The molecule has 0 heterocycles. The molecule has 1 aromatic carbocycles. The van der Waals surface area contributed by atoms with Crippen molar-refractivity contribution >= 4 is 12.6 Å². The van der Waals surface area contributed by atoms with Crippen LogP contribution in [0, 0.1) is 23.7 Å². The number of unbranched alkanes of at least 4 members (excludes halogenated alkanes) is 17. The molecule has 0 fully saturated rings. The van der Waals surface area contributed by atoms with Gasteiger partial charge in [0.05, 0.1) is 26.2 Å². The maximum absolute atomic E-state index is 10.8. The third-order valence-electron chi connectivity index (χ3n) is 8.62. The van der Waals surface area contributed by atoms with Gasteiger partial charge in [-0.15, -0.1) is 5.46 Å². The van der Waals surface area contributed by atoms with Crippen molar-refractivity contribution in [1.82, 2.24) is 0 Å². The maximum atomic E-state index is 10.8. The second-order valence-corrected chi connectivity index (χ2v) is 15.9. The van der Waals surface area contributed by atoms with Gasteiger partial charge in [-0.2, -0.15) is 0 Å². The molecular weight excluding hydrogens is 575 g/mol. The fourth-order valence-electron chi connectivity index (χ4n) is 5.60. The minimum absolute atomic E-state index is 0.353. The molecule has 0 amide bonds. The maximum Gasteiger partial charge on any atom is 0.0778 e. The van der Waals surface area contributed by atoms with Crippen LogP contribution in [0.2, 0.25) is 0 Å². The van der Waals surface area contributed by atoms with Crippen LogP contribution in [0.15, 0.2) is 24.3 Å². The number of hydrogen-bond donors (Lipinski definition) is 2. The summed E-state index contributed by atoms with van der Waals surface area (Å²) in [6, 6.07) is 7.25. The van der Waals surface area contributed by atoms with Gasteiger partial charge in [0.15, 0.2) is 0 Å². The molecule has 0 unspecified atom stereocenters. The molecule has 0 aliphatic rings. The zero-order valence-corrected chi connectivity index (χ0v) is 33.4. The van der Waals surface area contributed by atoms with Gasteiger partial charge in [-0.1, -0.05) is 203 Å². The highest BCUT2D eigenvalue weighted by atomic mass is 16.4. The molecule has 0 aromatic heterocycles. The average Bonchev–Trinajstić information content (AvgIpc) is 3.00. The highest BCUT2D eigenvalue weighted by Crippen LogP contribution is 2.15. The normalized spacial score (nSPS) is 11.2. The predicted octanol–water partition coefficient (Wildman–Crippen LogP) is 7.41. The van der Waals surface area contributed by atoms with E-state index in [1.54, 1.807) is 12.1 Å². The number of hydrogen-bond acceptors (Lipinski definition) is 2. The topological polar surface area (TPSA) is 79.3 Å². The number of quaternary nitrogens is 2. The van der Waals surface area contributed by atoms with E-state index in [2.05, 4.69) is 72.9 Å². The van der Waals surface area contributed by atoms with Gasteiger partial charge in [0, 0.05) is 23.7 Å². The van der Waals surface area contributed by atoms with Crippen molar-refractivity contribution in [2.75, 3.05) is 26.2 Å². The van der Waals surface area contributed by atoms with Gasteiger partial charge < -0.3 is 20.7 Å². The zero-order valence-electron chi connectivity index (χ0n) is 33.4. The summed E-state index contributed by atoms with van der Waals surface area (Å²) < 4.78 is 0. The third kappa shape index (κ3) is 41.2. The van der Waals surface area contributed by atoms with Crippen LogP contribution in [-0.2, 0) is 6.42 Å². The van der Waals surface area contributed by atoms with E-state index in [4.69, 9.17) is 0 Å². The monoisotopic (exact) mass is 661 g/mol. The second-order valence-electron chi connectivity index (χ2n) is 15.9. The first-order chi connectivity index (χ1) is 22.5. The molecule has 0 aliphatic heterocycles. The van der Waals surface area contributed by atoms with Gasteiger partial charge in [-0.05, 0) is 18.4 Å². The number of nitrogens with two attached hydrogens (primary N) is 2. The summed E-state index contributed by atoms with van der Waals surface area (Å²) in [7, 11) is -1.85. The van der Waals surface area contributed by atoms with E-state index < -0.39 is 7.12 Å². The SMILES string of the molecule is CC(C)C[NH2+]CC(C)C.CC(C)C[NH2+]CC(C)C.CCCCCCCCCCCCCCCCCCCCc1ccc(B([O-])[O-])cc1. The molecular formula is C42H85BN2O2. The highest BCUT2D eigenvalue weighted by molar-refractivity contribution is 6.55. The summed E-state index contributed by atoms with van der Waals surface area (Å²) >= 11 is 0. The number of benzene rings is 1. The Bertz CT molecular complexity index is 688. The van der Waals surface area contributed by atoms with E-state index >= 15 is 0 Å². The van der Waals surface area contributed by atoms with Gasteiger partial charge in [-0.3, -0.25) is 0 Å². The summed E-state index contributed by atoms with van der Waals surface area (Å²) in [4.78, 5) is 0. The van der Waals surface area contributed by atoms with Crippen molar-refractivity contribution in [2.45, 2.75) is 184 Å². The van der Waals surface area contributed by atoms with Crippen LogP contribution in [0.25, 0.3) is 0 Å². The minimum Gasteiger partial charge on any atom is -0.889 e. The molecule has 4 nitrogen and oxygen atoms in total. The van der Waals surface area contributed by atoms with E-state index in [-0.39, 0.29) is 0 Å². The first-order valence-electron chi connectivity index (χ1n) is 20.5. The highest BCUT2D eigenvalue weighted by Gasteiger charge is 1.99. The Morgan fingerprint density at radius 1 is 0.447 bits per heavy atom. The van der Waals surface area contributed by atoms with E-state index in [1.807, 2.05) is 12.1 Å². The molecule has 0 bridgehead atoms. The van der Waals surface area contributed by atoms with Crippen LogP contribution in [0.4, 0.5) is 0 Å². The molecule has 4 N–H and O–H groups in total. The summed E-state index contributed by atoms with van der Waals surface area (Å²) in [6.07, 6.45) is 26.3. The molecule has 0 spiro atoms. The lowest BCUT2D eigenvalue weighted by atomic mass is 9.80. The predicted molar refractivity (Wildman–Crippen MR) is 207 cm³/mol. The van der Waals surface area contributed by atoms with Crippen LogP contribution in [0.1, 0.15) is 183 Å². The van der Waals surface area contributed by atoms with E-state index in [0.717, 1.165) is 30.1 Å². The smallest absolute Gasteiger partial charge is 0.0778 e. The Hall–Kier alpha value is -0.875. The largest absolute Gasteiger partial charge is 0.889 e. The minimum atomic E-state index is -1.85. The molecule has 1 aromatic rings. The quantitative estimate of drug-likeness (QED) is 0.0726. The third-order valence-corrected chi connectivity index (χ3v) is 8.62. The van der Waals surface area contributed by atoms with E-state index in [1.165, 1.54) is 147 Å². The summed E-state index contributed by atoms with van der Waals surface area (Å²) in [6.45, 7) is 25.5. The fraction of sp³-hybridized carbons (Fsp3) is 0.857. The van der Waals surface area contributed by atoms with Crippen LogP contribution in [0.3, 0.4) is 0 Å². The molecule has 0 saturated heterocycles. The molecule has 47 heavy (non-hydrogen) atoms. The summed E-state index contributed by atoms with van der Waals surface area (Å²) in [5.74, 6) is 3.35. The van der Waals surface area contributed by atoms with Crippen molar-refractivity contribution in [2.24, 2.45) is 23.7 Å². The Kier molecular flexibility index (Phi) is 37.4. The van der Waals surface area contributed by atoms with Crippen LogP contribution >= 0.6 is 0 Å². The first kappa shape index (κ1) is 48.2. The molecule has 1 rings (SSSR count). The van der Waals surface area contributed by atoms with Crippen LogP contribution < -0.4 is 26.1 Å². The Morgan fingerprint density at radius 3 is 0.979 bits per heavy atom. The van der Waals surface area contributed by atoms with Gasteiger partial charge in [0.1, 0.15) is 0 Å². The van der Waals surface area contributed by atoms with E-state index in [9.17, 15) is 10.0 Å². The fourth-order valence-corrected chi connectivity index (χ4v) is 5.60. The first-order valence-corrected chi connectivity index (χ1v) is 20.5. The van der Waals surface area contributed by atoms with Crippen LogP contribution in [-0.4, -0.2) is 33.3 Å². The van der Waals surface area contributed by atoms with Crippen molar-refractivity contribution in [1.29, 1.82) is 0 Å². The van der Waals surface area contributed by atoms with Crippen molar-refractivity contribution in [3.05, 3.63) is 29.8 Å². The number of aryl methyl sites for hydroxylation is 1. The molecule has 0 radical (unpaired) electrons. The Morgan fingerprint density at radius 2 is 0.723 bits per heavy atom. The molecule has 278 valence electrons. The van der Waals surface area contributed by atoms with Gasteiger partial charge in [0.25, 0.3) is 0 Å². The lowest BCUT2D eigenvalue weighted by molar-refractivity contribution is -0.664. The van der Waals surface area contributed by atoms with Crippen LogP contribution in [0.5, 0.6) is 0 Å². The number of rotatable bonds is 28. The second kappa shape index (κ2) is 36.4. The van der Waals surface area contributed by atoms with Crippen molar-refractivity contribution < 1.29 is 20.7 Å². The summed E-state index contributed by atoms with van der Waals surface area (Å²) in [5, 5.41) is 26.4. The standard InChI is InChI=1S/C26H45BO2.2C8H19N/c1-2-3-4-5-6-7-8-9-10-11-12-13-14-15-16-17-18-19-20-25-21-23-26(24-22-25)27(28)29;2*1-7(2)5-9-6-8(3)4/h21-24H,2-20H2,1H3;2*7-9H,5-6H2,1-4H3/q-2;;/p+2. The lowest BCUT2D eigenvalue weighted by Gasteiger charge is -2.26. The molecule has 0 saturated carbocycles. The molecule has 0 atom stereocenters. The Balaban J connectivity index is 0. The molecule has 0 aliphatic carbocycles. The van der Waals surface area contributed by atoms with Gasteiger partial charge in [0.2, 0.25) is 0 Å². The Labute approximate surface area is 296 Å². The van der Waals surface area contributed by atoms with Gasteiger partial charge in [-0.25, -0.2) is 0 Å². The van der Waals surface area contributed by atoms with Crippen molar-refractivity contribution in [3.8, 4) is 0 Å². The van der Waals surface area contributed by atoms with Gasteiger partial charge >= 0.3 is 0 Å². The van der Waals surface area contributed by atoms with E-state index in [0.29, 0.717) is 5.46 Å². The summed E-state index contributed by atoms with van der Waals surface area (Å²) in [5.41, 5.74) is 1.59. The average molecular weight is 661 g/mol. The lowest BCUT2D eigenvalue weighted by Crippen LogP contribution is -2.86. The molecule has 5 heteroatoms.